The predicted molar refractivity (Wildman–Crippen MR) is 88.9 cm³/mol. The zero-order valence-electron chi connectivity index (χ0n) is 12.0. The normalized spacial score (nSPS) is 12.4. The maximum Gasteiger partial charge on any atom is 0.0626 e. The molecule has 1 atom stereocenters. The molecule has 0 radical (unpaired) electrons. The molecule has 20 heavy (non-hydrogen) atoms. The Balaban J connectivity index is 2.21. The van der Waals surface area contributed by atoms with Crippen LogP contribution in [0.3, 0.4) is 0 Å². The molecule has 2 aromatic rings. The Morgan fingerprint density at radius 1 is 0.900 bits per heavy atom. The molecule has 2 rings (SSSR count). The van der Waals surface area contributed by atoms with Gasteiger partial charge in [-0.3, -0.25) is 0 Å². The second-order valence-corrected chi connectivity index (χ2v) is 5.93. The average molecular weight is 307 g/mol. The molecule has 0 aromatic heterocycles. The summed E-state index contributed by atoms with van der Waals surface area (Å²) in [5.41, 5.74) is 5.10. The maximum absolute atomic E-state index is 6.58. The third-order valence-electron chi connectivity index (χ3n) is 3.71. The van der Waals surface area contributed by atoms with Crippen LogP contribution in [0.5, 0.6) is 0 Å². The topological polar surface area (TPSA) is 0 Å². The number of rotatable bonds is 5. The zero-order chi connectivity index (χ0) is 14.5. The van der Waals surface area contributed by atoms with E-state index in [-0.39, 0.29) is 5.38 Å². The van der Waals surface area contributed by atoms with Crippen molar-refractivity contribution < 1.29 is 0 Å². The molecule has 0 N–H and O–H groups in total. The zero-order valence-corrected chi connectivity index (χ0v) is 13.5. The van der Waals surface area contributed by atoms with Crippen LogP contribution < -0.4 is 0 Å². The smallest absolute Gasteiger partial charge is 0.0626 e. The Morgan fingerprint density at radius 3 is 2.25 bits per heavy atom. The van der Waals surface area contributed by atoms with E-state index in [4.69, 9.17) is 23.2 Å². The molecule has 106 valence electrons. The second kappa shape index (κ2) is 7.15. The molecule has 0 saturated heterocycles. The largest absolute Gasteiger partial charge is 0.117 e. The molecular formula is C18H20Cl2. The summed E-state index contributed by atoms with van der Waals surface area (Å²) < 4.78 is 0. The van der Waals surface area contributed by atoms with Gasteiger partial charge in [0.1, 0.15) is 0 Å². The van der Waals surface area contributed by atoms with Crippen molar-refractivity contribution in [2.75, 3.05) is 0 Å². The van der Waals surface area contributed by atoms with Gasteiger partial charge in [0.25, 0.3) is 0 Å². The van der Waals surface area contributed by atoms with E-state index in [1.165, 1.54) is 16.7 Å². The van der Waals surface area contributed by atoms with Crippen molar-refractivity contribution in [2.45, 2.75) is 38.5 Å². The van der Waals surface area contributed by atoms with Crippen molar-refractivity contribution in [3.05, 3.63) is 69.7 Å². The van der Waals surface area contributed by atoms with Gasteiger partial charge in [0.2, 0.25) is 0 Å². The van der Waals surface area contributed by atoms with Crippen LogP contribution in [0.15, 0.2) is 42.5 Å². The van der Waals surface area contributed by atoms with E-state index in [0.29, 0.717) is 0 Å². The summed E-state index contributed by atoms with van der Waals surface area (Å²) in [5, 5.41) is 0.755. The minimum atomic E-state index is -0.0360. The van der Waals surface area contributed by atoms with Crippen molar-refractivity contribution in [1.29, 1.82) is 0 Å². The Bertz CT molecular complexity index is 575. The number of hydrogen-bond acceptors (Lipinski definition) is 0. The van der Waals surface area contributed by atoms with Gasteiger partial charge in [-0.1, -0.05) is 61.8 Å². The Labute approximate surface area is 131 Å². The van der Waals surface area contributed by atoms with Crippen molar-refractivity contribution in [2.24, 2.45) is 0 Å². The second-order valence-electron chi connectivity index (χ2n) is 5.00. The van der Waals surface area contributed by atoms with Gasteiger partial charge in [0.05, 0.1) is 5.38 Å². The molecule has 0 aliphatic rings. The van der Waals surface area contributed by atoms with Gasteiger partial charge in [-0.05, 0) is 47.6 Å². The van der Waals surface area contributed by atoms with Crippen LogP contribution in [-0.4, -0.2) is 0 Å². The lowest BCUT2D eigenvalue weighted by Crippen LogP contribution is -2.00. The Morgan fingerprint density at radius 2 is 1.60 bits per heavy atom. The van der Waals surface area contributed by atoms with E-state index in [1.807, 2.05) is 24.3 Å². The third kappa shape index (κ3) is 3.56. The van der Waals surface area contributed by atoms with Gasteiger partial charge in [-0.15, -0.1) is 11.6 Å². The summed E-state index contributed by atoms with van der Waals surface area (Å²) >= 11 is 12.8. The SMILES string of the molecule is CCc1ccc(C(Cl)Cc2ccccc2Cl)cc1CC. The van der Waals surface area contributed by atoms with Crippen molar-refractivity contribution in [3.8, 4) is 0 Å². The molecule has 2 aromatic carbocycles. The van der Waals surface area contributed by atoms with Crippen LogP contribution in [0, 0.1) is 0 Å². The molecule has 0 aliphatic carbocycles. The third-order valence-corrected chi connectivity index (χ3v) is 4.49. The first-order chi connectivity index (χ1) is 9.65. The van der Waals surface area contributed by atoms with Crippen molar-refractivity contribution in [3.63, 3.8) is 0 Å². The molecule has 0 saturated carbocycles. The van der Waals surface area contributed by atoms with E-state index in [9.17, 15) is 0 Å². The number of alkyl halides is 1. The summed E-state index contributed by atoms with van der Waals surface area (Å²) in [6.45, 7) is 4.38. The highest BCUT2D eigenvalue weighted by Crippen LogP contribution is 2.29. The number of aryl methyl sites for hydroxylation is 2. The Kier molecular flexibility index (Phi) is 5.51. The van der Waals surface area contributed by atoms with Gasteiger partial charge in [0.15, 0.2) is 0 Å². The quantitative estimate of drug-likeness (QED) is 0.595. The van der Waals surface area contributed by atoms with Gasteiger partial charge in [0, 0.05) is 5.02 Å². The van der Waals surface area contributed by atoms with Crippen molar-refractivity contribution in [1.82, 2.24) is 0 Å². The Hall–Kier alpha value is -0.980. The van der Waals surface area contributed by atoms with Crippen LogP contribution in [-0.2, 0) is 19.3 Å². The van der Waals surface area contributed by atoms with Crippen molar-refractivity contribution >= 4 is 23.2 Å². The fourth-order valence-corrected chi connectivity index (χ4v) is 3.00. The highest BCUT2D eigenvalue weighted by molar-refractivity contribution is 6.31. The molecule has 1 unspecified atom stereocenters. The first-order valence-electron chi connectivity index (χ1n) is 7.14. The fraction of sp³-hybridized carbons (Fsp3) is 0.333. The van der Waals surface area contributed by atoms with E-state index >= 15 is 0 Å². The van der Waals surface area contributed by atoms with Crippen LogP contribution in [0.4, 0.5) is 0 Å². The van der Waals surface area contributed by atoms with Crippen LogP contribution in [0.2, 0.25) is 5.02 Å². The molecular weight excluding hydrogens is 287 g/mol. The molecule has 0 spiro atoms. The van der Waals surface area contributed by atoms with Gasteiger partial charge < -0.3 is 0 Å². The first kappa shape index (κ1) is 15.4. The predicted octanol–water partition coefficient (Wildman–Crippen LogP) is 5.99. The first-order valence-corrected chi connectivity index (χ1v) is 7.96. The summed E-state index contributed by atoms with van der Waals surface area (Å²) in [5.74, 6) is 0. The van der Waals surface area contributed by atoms with Gasteiger partial charge >= 0.3 is 0 Å². The van der Waals surface area contributed by atoms with E-state index in [1.54, 1.807) is 0 Å². The van der Waals surface area contributed by atoms with Gasteiger partial charge in [-0.2, -0.15) is 0 Å². The molecule has 0 fully saturated rings. The van der Waals surface area contributed by atoms with E-state index < -0.39 is 0 Å². The summed E-state index contributed by atoms with van der Waals surface area (Å²) in [7, 11) is 0. The lowest BCUT2D eigenvalue weighted by molar-refractivity contribution is 0.909. The molecule has 0 amide bonds. The molecule has 0 bridgehead atoms. The number of hydrogen-bond donors (Lipinski definition) is 0. The summed E-state index contributed by atoms with van der Waals surface area (Å²) in [6.07, 6.45) is 2.88. The minimum Gasteiger partial charge on any atom is -0.117 e. The average Bonchev–Trinajstić information content (AvgIpc) is 2.48. The summed E-state index contributed by atoms with van der Waals surface area (Å²) in [4.78, 5) is 0. The highest BCUT2D eigenvalue weighted by atomic mass is 35.5. The molecule has 0 nitrogen and oxygen atoms in total. The monoisotopic (exact) mass is 306 g/mol. The fourth-order valence-electron chi connectivity index (χ4n) is 2.49. The van der Waals surface area contributed by atoms with E-state index in [0.717, 1.165) is 29.8 Å². The minimum absolute atomic E-state index is 0.0360. The van der Waals surface area contributed by atoms with Gasteiger partial charge in [-0.25, -0.2) is 0 Å². The lowest BCUT2D eigenvalue weighted by atomic mass is 9.96. The lowest BCUT2D eigenvalue weighted by Gasteiger charge is -2.14. The van der Waals surface area contributed by atoms with E-state index in [2.05, 4.69) is 32.0 Å². The number of benzene rings is 2. The number of halogens is 2. The standard InChI is InChI=1S/C18H20Cl2/c1-3-13-9-10-16(11-14(13)4-2)18(20)12-15-7-5-6-8-17(15)19/h5-11,18H,3-4,12H2,1-2H3. The van der Waals surface area contributed by atoms with Crippen LogP contribution in [0.25, 0.3) is 0 Å². The van der Waals surface area contributed by atoms with Crippen LogP contribution in [0.1, 0.15) is 41.5 Å². The molecule has 2 heteroatoms. The molecule has 0 aliphatic heterocycles. The highest BCUT2D eigenvalue weighted by Gasteiger charge is 2.12. The van der Waals surface area contributed by atoms with Crippen LogP contribution >= 0.6 is 23.2 Å². The molecule has 0 heterocycles. The summed E-state index contributed by atoms with van der Waals surface area (Å²) in [6, 6.07) is 14.5. The maximum atomic E-state index is 6.58.